The topological polar surface area (TPSA) is 133 Å². The second kappa shape index (κ2) is 10.5. The molecule has 5 rings (SSSR count). The standard InChI is InChI=1S/C23H24N6O2.C2HF3O2/c1-27-13-18(16-6-3-4-7-19(16)27)22-25-26-23(30)29(22)21-14-28(11-5-10-24)20-9-8-15(31-2)12-17(20)21;3-2(4,5)1(6)7/h3-4,6-9,12-14H,5,10-11,24H2,1-2H3,(H,26,30);(H,6,7). The summed E-state index contributed by atoms with van der Waals surface area (Å²) in [5, 5.41) is 16.1. The lowest BCUT2D eigenvalue weighted by atomic mass is 10.1. The molecule has 3 aromatic heterocycles. The minimum atomic E-state index is -5.08. The summed E-state index contributed by atoms with van der Waals surface area (Å²) < 4.78 is 43.0. The Balaban J connectivity index is 0.000000426. The molecule has 0 atom stereocenters. The molecule has 3 heterocycles. The van der Waals surface area contributed by atoms with Crippen LogP contribution in [0.2, 0.25) is 0 Å². The molecule has 10 nitrogen and oxygen atoms in total. The zero-order chi connectivity index (χ0) is 27.6. The number of rotatable bonds is 6. The maximum absolute atomic E-state index is 13.0. The van der Waals surface area contributed by atoms with E-state index >= 15 is 0 Å². The Morgan fingerprint density at radius 1 is 1.13 bits per heavy atom. The number of halogens is 3. The number of aryl methyl sites for hydroxylation is 2. The van der Waals surface area contributed by atoms with Crippen LogP contribution in [0.4, 0.5) is 13.2 Å². The maximum atomic E-state index is 13.0. The molecule has 13 heteroatoms. The predicted octanol–water partition coefficient (Wildman–Crippen LogP) is 3.66. The highest BCUT2D eigenvalue weighted by Crippen LogP contribution is 2.33. The third-order valence-electron chi connectivity index (χ3n) is 5.96. The fourth-order valence-electron chi connectivity index (χ4n) is 4.23. The number of carbonyl (C=O) groups is 1. The van der Waals surface area contributed by atoms with E-state index in [0.29, 0.717) is 12.4 Å². The summed E-state index contributed by atoms with van der Waals surface area (Å²) in [5.41, 5.74) is 9.19. The third-order valence-corrected chi connectivity index (χ3v) is 5.96. The second-order valence-corrected chi connectivity index (χ2v) is 8.39. The van der Waals surface area contributed by atoms with Crippen molar-refractivity contribution in [2.24, 2.45) is 12.8 Å². The molecule has 200 valence electrons. The van der Waals surface area contributed by atoms with Crippen molar-refractivity contribution in [1.82, 2.24) is 23.9 Å². The van der Waals surface area contributed by atoms with E-state index in [4.69, 9.17) is 20.4 Å². The van der Waals surface area contributed by atoms with E-state index in [0.717, 1.165) is 51.8 Å². The van der Waals surface area contributed by atoms with Gasteiger partial charge in [-0.25, -0.2) is 19.3 Å². The monoisotopic (exact) mass is 530 g/mol. The second-order valence-electron chi connectivity index (χ2n) is 8.39. The molecule has 0 aliphatic rings. The van der Waals surface area contributed by atoms with Gasteiger partial charge in [-0.2, -0.15) is 18.3 Å². The number of nitrogens with zero attached hydrogens (tertiary/aromatic N) is 4. The number of fused-ring (bicyclic) bond motifs is 2. The fraction of sp³-hybridized carbons (Fsp3) is 0.240. The zero-order valence-corrected chi connectivity index (χ0v) is 20.5. The van der Waals surface area contributed by atoms with Crippen LogP contribution in [0.25, 0.3) is 38.9 Å². The van der Waals surface area contributed by atoms with Gasteiger partial charge in [0.05, 0.1) is 18.3 Å². The Morgan fingerprint density at radius 3 is 2.50 bits per heavy atom. The van der Waals surface area contributed by atoms with Crippen molar-refractivity contribution in [3.63, 3.8) is 0 Å². The molecule has 0 bridgehead atoms. The van der Waals surface area contributed by atoms with Gasteiger partial charge in [-0.05, 0) is 37.2 Å². The van der Waals surface area contributed by atoms with Gasteiger partial charge in [0.1, 0.15) is 5.75 Å². The predicted molar refractivity (Wildman–Crippen MR) is 136 cm³/mol. The van der Waals surface area contributed by atoms with Gasteiger partial charge in [-0.3, -0.25) is 0 Å². The highest BCUT2D eigenvalue weighted by Gasteiger charge is 2.38. The minimum Gasteiger partial charge on any atom is -0.497 e. The molecule has 0 spiro atoms. The van der Waals surface area contributed by atoms with Crippen LogP contribution >= 0.6 is 0 Å². The van der Waals surface area contributed by atoms with Crippen LogP contribution in [-0.4, -0.2) is 54.8 Å². The number of para-hydroxylation sites is 1. The fourth-order valence-corrected chi connectivity index (χ4v) is 4.23. The maximum Gasteiger partial charge on any atom is 0.490 e. The molecule has 0 fully saturated rings. The number of carboxylic acids is 1. The van der Waals surface area contributed by atoms with Crippen molar-refractivity contribution in [2.45, 2.75) is 19.1 Å². The number of methoxy groups -OCH3 is 1. The molecular weight excluding hydrogens is 505 g/mol. The molecule has 4 N–H and O–H groups in total. The van der Waals surface area contributed by atoms with Crippen molar-refractivity contribution < 1.29 is 27.8 Å². The molecule has 0 unspecified atom stereocenters. The lowest BCUT2D eigenvalue weighted by molar-refractivity contribution is -0.192. The molecule has 5 aromatic rings. The zero-order valence-electron chi connectivity index (χ0n) is 20.5. The van der Waals surface area contributed by atoms with E-state index < -0.39 is 12.1 Å². The summed E-state index contributed by atoms with van der Waals surface area (Å²) >= 11 is 0. The van der Waals surface area contributed by atoms with Gasteiger partial charge in [0, 0.05) is 47.8 Å². The number of nitrogens with one attached hydrogen (secondary N) is 1. The van der Waals surface area contributed by atoms with Crippen LogP contribution in [0.5, 0.6) is 5.75 Å². The number of aliphatic carboxylic acids is 1. The van der Waals surface area contributed by atoms with Gasteiger partial charge in [0.2, 0.25) is 0 Å². The van der Waals surface area contributed by atoms with E-state index in [1.807, 2.05) is 60.4 Å². The summed E-state index contributed by atoms with van der Waals surface area (Å²) in [6, 6.07) is 14.0. The summed E-state index contributed by atoms with van der Waals surface area (Å²) in [7, 11) is 3.63. The van der Waals surface area contributed by atoms with Gasteiger partial charge in [0.25, 0.3) is 0 Å². The van der Waals surface area contributed by atoms with Gasteiger partial charge in [-0.15, -0.1) is 0 Å². The smallest absolute Gasteiger partial charge is 0.490 e. The van der Waals surface area contributed by atoms with E-state index in [1.165, 1.54) is 0 Å². The lowest BCUT2D eigenvalue weighted by Crippen LogP contribution is -2.21. The minimum absolute atomic E-state index is 0.288. The first kappa shape index (κ1) is 26.5. The SMILES string of the molecule is COc1ccc2c(c1)c(-n1c(-c3cn(C)c4ccccc34)n[nH]c1=O)cn2CCCN.O=C(O)C(F)(F)F. The quantitative estimate of drug-likeness (QED) is 0.307. The van der Waals surface area contributed by atoms with Gasteiger partial charge < -0.3 is 24.7 Å². The summed E-state index contributed by atoms with van der Waals surface area (Å²) in [6.07, 6.45) is -0.248. The molecule has 2 aromatic carbocycles. The first-order chi connectivity index (χ1) is 18.1. The number of hydrogen-bond acceptors (Lipinski definition) is 5. The first-order valence-electron chi connectivity index (χ1n) is 11.5. The number of aromatic nitrogens is 5. The third kappa shape index (κ3) is 5.00. The highest BCUT2D eigenvalue weighted by molar-refractivity contribution is 5.96. The normalized spacial score (nSPS) is 11.5. The average Bonchev–Trinajstić information content (AvgIpc) is 3.55. The molecular formula is C25H25F3N6O4. The molecule has 0 radical (unpaired) electrons. The van der Waals surface area contributed by atoms with E-state index in [-0.39, 0.29) is 5.69 Å². The van der Waals surface area contributed by atoms with Gasteiger partial charge >= 0.3 is 17.8 Å². The molecule has 38 heavy (non-hydrogen) atoms. The number of ether oxygens (including phenoxy) is 1. The Bertz CT molecular complexity index is 1660. The Kier molecular flexibility index (Phi) is 7.30. The van der Waals surface area contributed by atoms with Crippen molar-refractivity contribution in [2.75, 3.05) is 13.7 Å². The van der Waals surface area contributed by atoms with Crippen molar-refractivity contribution in [3.05, 3.63) is 65.3 Å². The molecule has 0 amide bonds. The Morgan fingerprint density at radius 2 is 1.84 bits per heavy atom. The number of hydrogen-bond donors (Lipinski definition) is 3. The van der Waals surface area contributed by atoms with Crippen molar-refractivity contribution in [1.29, 1.82) is 0 Å². The van der Waals surface area contributed by atoms with Crippen LogP contribution in [0, 0.1) is 0 Å². The lowest BCUT2D eigenvalue weighted by Gasteiger charge is -2.05. The Hall–Kier alpha value is -4.52. The number of nitrogens with two attached hydrogens (primary N) is 1. The van der Waals surface area contributed by atoms with E-state index in [9.17, 15) is 18.0 Å². The van der Waals surface area contributed by atoms with Crippen molar-refractivity contribution in [3.8, 4) is 22.8 Å². The van der Waals surface area contributed by atoms with Gasteiger partial charge in [0.15, 0.2) is 5.82 Å². The largest absolute Gasteiger partial charge is 0.497 e. The van der Waals surface area contributed by atoms with Crippen molar-refractivity contribution >= 4 is 27.8 Å². The summed E-state index contributed by atoms with van der Waals surface area (Å²) in [6.45, 7) is 1.35. The number of H-pyrrole nitrogens is 1. The van der Waals surface area contributed by atoms with Gasteiger partial charge in [-0.1, -0.05) is 18.2 Å². The number of aromatic amines is 1. The molecule has 0 saturated carbocycles. The molecule has 0 aliphatic carbocycles. The molecule has 0 saturated heterocycles. The number of carboxylic acid groups (broad SMARTS) is 1. The summed E-state index contributed by atoms with van der Waals surface area (Å²) in [4.78, 5) is 21.9. The first-order valence-corrected chi connectivity index (χ1v) is 11.5. The van der Waals surface area contributed by atoms with Crippen LogP contribution in [0.3, 0.4) is 0 Å². The highest BCUT2D eigenvalue weighted by atomic mass is 19.4. The van der Waals surface area contributed by atoms with Crippen LogP contribution < -0.4 is 16.2 Å². The average molecular weight is 531 g/mol. The van der Waals surface area contributed by atoms with Crippen LogP contribution in [-0.2, 0) is 18.4 Å². The Labute approximate surface area is 213 Å². The van der Waals surface area contributed by atoms with Crippen LogP contribution in [0.15, 0.2) is 59.7 Å². The van der Waals surface area contributed by atoms with Crippen LogP contribution in [0.1, 0.15) is 6.42 Å². The van der Waals surface area contributed by atoms with E-state index in [1.54, 1.807) is 11.7 Å². The number of benzene rings is 2. The summed E-state index contributed by atoms with van der Waals surface area (Å²) in [5.74, 6) is -1.46. The molecule has 0 aliphatic heterocycles. The number of alkyl halides is 3. The van der Waals surface area contributed by atoms with E-state index in [2.05, 4.69) is 20.8 Å².